The van der Waals surface area contributed by atoms with Crippen LogP contribution in [0.2, 0.25) is 0 Å². The highest BCUT2D eigenvalue weighted by Crippen LogP contribution is 2.43. The minimum Gasteiger partial charge on any atom is -0.387 e. The molecule has 546 valence electrons. The minimum atomic E-state index is -4.37. The summed E-state index contributed by atoms with van der Waals surface area (Å²) >= 11 is 0. The van der Waals surface area contributed by atoms with Gasteiger partial charge in [0.05, 0.1) is 39.9 Å². The van der Waals surface area contributed by atoms with Gasteiger partial charge in [-0.25, -0.2) is 4.57 Å². The topological polar surface area (TPSA) is 105 Å². The fraction of sp³-hybridized carbons (Fsp3) is 0.845. The van der Waals surface area contributed by atoms with Crippen LogP contribution in [-0.4, -0.2) is 73.4 Å². The predicted octanol–water partition coefficient (Wildman–Crippen LogP) is 26.8. The van der Waals surface area contributed by atoms with Gasteiger partial charge in [0, 0.05) is 6.42 Å². The van der Waals surface area contributed by atoms with E-state index in [1.165, 1.54) is 327 Å². The smallest absolute Gasteiger partial charge is 0.387 e. The van der Waals surface area contributed by atoms with Crippen molar-refractivity contribution in [2.24, 2.45) is 0 Å². The third-order valence-electron chi connectivity index (χ3n) is 18.6. The summed E-state index contributed by atoms with van der Waals surface area (Å²) in [5.74, 6) is -0.184. The molecule has 0 aromatic rings. The van der Waals surface area contributed by atoms with Gasteiger partial charge in [-0.05, 0) is 83.5 Å². The highest BCUT2D eigenvalue weighted by Gasteiger charge is 2.28. The van der Waals surface area contributed by atoms with Gasteiger partial charge >= 0.3 is 7.82 Å². The Morgan fingerprint density at radius 1 is 0.366 bits per heavy atom. The largest absolute Gasteiger partial charge is 0.472 e. The van der Waals surface area contributed by atoms with Crippen molar-refractivity contribution in [3.05, 3.63) is 72.9 Å². The Bertz CT molecular complexity index is 1750. The Kier molecular flexibility index (Phi) is 72.5. The summed E-state index contributed by atoms with van der Waals surface area (Å²) in [5, 5.41) is 14.0. The standard InChI is InChI=1S/C84H159N2O6P/c1-6-8-10-12-14-16-18-20-22-24-26-28-30-32-34-36-38-40-41-42-43-44-45-46-48-50-52-54-56-58-60-62-64-66-68-70-72-74-76-78-84(88)85-82(81-92-93(89,90)91-80-79-86(3,4)5)83(87)77-75-73-71-69-67-65-63-61-59-57-55-53-51-49-47-39-37-35-33-31-29-27-25-23-21-19-17-15-13-11-9-7-2/h18,20,24,26,30,32,59,61,67,69,75,77,82-83,87H,6-17,19,21-23,25,27-29,31,33-58,60,62-66,68,70-74,76,78-81H2,1-5H3,(H-,85,88,89,90)/p+1/b20-18-,26-24-,32-30-,61-59+,69-67+,77-75+. The lowest BCUT2D eigenvalue weighted by Crippen LogP contribution is -2.45. The first-order valence-corrected chi connectivity index (χ1v) is 42.3. The molecule has 0 heterocycles. The van der Waals surface area contributed by atoms with Crippen molar-refractivity contribution in [1.82, 2.24) is 5.32 Å². The summed E-state index contributed by atoms with van der Waals surface area (Å²) in [4.78, 5) is 23.5. The summed E-state index contributed by atoms with van der Waals surface area (Å²) in [5.41, 5.74) is 0. The first kappa shape index (κ1) is 90.9. The van der Waals surface area contributed by atoms with Crippen LogP contribution in [0.1, 0.15) is 406 Å². The van der Waals surface area contributed by atoms with E-state index in [2.05, 4.69) is 79.9 Å². The molecule has 0 spiro atoms. The molecule has 8 nitrogen and oxygen atoms in total. The molecule has 9 heteroatoms. The second-order valence-electron chi connectivity index (χ2n) is 29.1. The average Bonchev–Trinajstić information content (AvgIpc) is 1.94. The van der Waals surface area contributed by atoms with Crippen molar-refractivity contribution in [2.45, 2.75) is 418 Å². The van der Waals surface area contributed by atoms with Crippen LogP contribution in [0.3, 0.4) is 0 Å². The zero-order valence-electron chi connectivity index (χ0n) is 62.8. The second kappa shape index (κ2) is 74.2. The maximum Gasteiger partial charge on any atom is 0.472 e. The minimum absolute atomic E-state index is 0.0536. The van der Waals surface area contributed by atoms with Crippen LogP contribution >= 0.6 is 7.82 Å². The fourth-order valence-electron chi connectivity index (χ4n) is 12.3. The van der Waals surface area contributed by atoms with Crippen LogP contribution in [0.5, 0.6) is 0 Å². The van der Waals surface area contributed by atoms with E-state index in [1.54, 1.807) is 6.08 Å². The molecule has 0 aliphatic heterocycles. The zero-order valence-corrected chi connectivity index (χ0v) is 63.7. The Hall–Kier alpha value is -2.06. The van der Waals surface area contributed by atoms with Gasteiger partial charge in [-0.2, -0.15) is 0 Å². The number of carbonyl (C=O) groups is 1. The summed E-state index contributed by atoms with van der Waals surface area (Å²) in [6.45, 7) is 4.83. The SMILES string of the molecule is CCCCCCC/C=C\C/C=C\C/C=C\CCCCCCCCCCCCCCCCCCCCCCCCCCC(=O)NC(COP(=O)(O)OCC[N+](C)(C)C)C(O)/C=C/CC/C=C/CC/C=C/CCCCCCCCCCCCCCCCCCCCCCCC. The van der Waals surface area contributed by atoms with Crippen LogP contribution in [0.15, 0.2) is 72.9 Å². The summed E-state index contributed by atoms with van der Waals surface area (Å²) in [7, 11) is 1.56. The number of hydrogen-bond donors (Lipinski definition) is 3. The molecule has 0 rings (SSSR count). The Morgan fingerprint density at radius 3 is 0.935 bits per heavy atom. The van der Waals surface area contributed by atoms with E-state index in [1.807, 2.05) is 27.2 Å². The van der Waals surface area contributed by atoms with Gasteiger partial charge in [-0.15, -0.1) is 0 Å². The number of hydrogen-bond acceptors (Lipinski definition) is 5. The summed E-state index contributed by atoms with van der Waals surface area (Å²) in [6.07, 6.45) is 105. The zero-order chi connectivity index (χ0) is 67.6. The lowest BCUT2D eigenvalue weighted by molar-refractivity contribution is -0.870. The molecule has 0 aliphatic rings. The first-order chi connectivity index (χ1) is 45.5. The molecule has 0 aliphatic carbocycles. The lowest BCUT2D eigenvalue weighted by Gasteiger charge is -2.25. The number of unbranched alkanes of at least 4 members (excludes halogenated alkanes) is 53. The van der Waals surface area contributed by atoms with Crippen molar-refractivity contribution in [1.29, 1.82) is 0 Å². The van der Waals surface area contributed by atoms with Crippen LogP contribution < -0.4 is 5.32 Å². The number of nitrogens with one attached hydrogen (secondary N) is 1. The molecule has 1 amide bonds. The van der Waals surface area contributed by atoms with Crippen molar-refractivity contribution >= 4 is 13.7 Å². The van der Waals surface area contributed by atoms with Crippen molar-refractivity contribution in [3.8, 4) is 0 Å². The molecular formula is C84H160N2O6P+. The van der Waals surface area contributed by atoms with Gasteiger partial charge in [0.1, 0.15) is 13.2 Å². The number of phosphoric ester groups is 1. The molecular weight excluding hydrogens is 1160 g/mol. The maximum atomic E-state index is 13.1. The highest BCUT2D eigenvalue weighted by molar-refractivity contribution is 7.47. The van der Waals surface area contributed by atoms with E-state index < -0.39 is 20.0 Å². The van der Waals surface area contributed by atoms with Crippen molar-refractivity contribution in [3.63, 3.8) is 0 Å². The molecule has 0 saturated carbocycles. The van der Waals surface area contributed by atoms with Crippen molar-refractivity contribution in [2.75, 3.05) is 40.9 Å². The number of rotatable bonds is 76. The number of phosphoric acid groups is 1. The molecule has 0 radical (unpaired) electrons. The third kappa shape index (κ3) is 77.2. The van der Waals surface area contributed by atoms with Crippen LogP contribution in [0, 0.1) is 0 Å². The number of nitrogens with zero attached hydrogens (tertiary/aromatic N) is 1. The van der Waals surface area contributed by atoms with E-state index in [4.69, 9.17) is 9.05 Å². The maximum absolute atomic E-state index is 13.1. The third-order valence-corrected chi connectivity index (χ3v) is 19.6. The Balaban J connectivity index is 3.99. The molecule has 0 aromatic heterocycles. The number of quaternary nitrogens is 1. The van der Waals surface area contributed by atoms with Crippen LogP contribution in [-0.2, 0) is 18.4 Å². The van der Waals surface area contributed by atoms with Crippen LogP contribution in [0.25, 0.3) is 0 Å². The molecule has 3 N–H and O–H groups in total. The average molecular weight is 1330 g/mol. The Morgan fingerprint density at radius 2 is 0.624 bits per heavy atom. The number of carbonyl (C=O) groups excluding carboxylic acids is 1. The van der Waals surface area contributed by atoms with Gasteiger partial charge in [0.15, 0.2) is 0 Å². The number of amides is 1. The van der Waals surface area contributed by atoms with Gasteiger partial charge in [-0.3, -0.25) is 13.8 Å². The van der Waals surface area contributed by atoms with Gasteiger partial charge < -0.3 is 19.8 Å². The molecule has 0 fully saturated rings. The highest BCUT2D eigenvalue weighted by atomic mass is 31.2. The Labute approximate surface area is 580 Å². The number of aliphatic hydroxyl groups excluding tert-OH is 1. The van der Waals surface area contributed by atoms with Crippen molar-refractivity contribution < 1.29 is 32.9 Å². The molecule has 3 atom stereocenters. The van der Waals surface area contributed by atoms with E-state index in [-0.39, 0.29) is 19.1 Å². The number of aliphatic hydroxyl groups is 1. The number of allylic oxidation sites excluding steroid dienone is 11. The van der Waals surface area contributed by atoms with Gasteiger partial charge in [-0.1, -0.05) is 389 Å². The summed E-state index contributed by atoms with van der Waals surface area (Å²) in [6, 6.07) is -0.873. The normalized spacial score (nSPS) is 13.8. The molecule has 0 bridgehead atoms. The quantitative estimate of drug-likeness (QED) is 0.0243. The molecule has 93 heavy (non-hydrogen) atoms. The van der Waals surface area contributed by atoms with E-state index in [9.17, 15) is 19.4 Å². The molecule has 0 saturated heterocycles. The summed E-state index contributed by atoms with van der Waals surface area (Å²) < 4.78 is 23.9. The van der Waals surface area contributed by atoms with Gasteiger partial charge in [0.25, 0.3) is 0 Å². The van der Waals surface area contributed by atoms with Gasteiger partial charge in [0.2, 0.25) is 5.91 Å². The molecule has 0 aromatic carbocycles. The number of likely N-dealkylation sites (N-methyl/N-ethyl adjacent to an activating group) is 1. The molecule has 3 unspecified atom stereocenters. The first-order valence-electron chi connectivity index (χ1n) is 40.8. The van der Waals surface area contributed by atoms with E-state index in [0.29, 0.717) is 17.4 Å². The van der Waals surface area contributed by atoms with E-state index in [0.717, 1.165) is 57.8 Å². The second-order valence-corrected chi connectivity index (χ2v) is 30.6. The van der Waals surface area contributed by atoms with Crippen LogP contribution in [0.4, 0.5) is 0 Å². The lowest BCUT2D eigenvalue weighted by atomic mass is 10.0. The predicted molar refractivity (Wildman–Crippen MR) is 410 cm³/mol. The van der Waals surface area contributed by atoms with E-state index >= 15 is 0 Å². The monoisotopic (exact) mass is 1320 g/mol. The fourth-order valence-corrected chi connectivity index (χ4v) is 13.1.